The fourth-order valence-corrected chi connectivity index (χ4v) is 4.43. The van der Waals surface area contributed by atoms with Crippen molar-refractivity contribution in [2.75, 3.05) is 11.5 Å². The van der Waals surface area contributed by atoms with Gasteiger partial charge in [-0.1, -0.05) is 0 Å². The van der Waals surface area contributed by atoms with E-state index in [9.17, 15) is 18.3 Å². The van der Waals surface area contributed by atoms with Crippen molar-refractivity contribution in [1.29, 1.82) is 0 Å². The number of nitrogens with zero attached hydrogens (tertiary/aromatic N) is 3. The van der Waals surface area contributed by atoms with E-state index in [0.717, 1.165) is 0 Å². The molecular weight excluding hydrogens is 320 g/mol. The first-order chi connectivity index (χ1) is 10.7. The summed E-state index contributed by atoms with van der Waals surface area (Å²) < 4.78 is 24.6. The Morgan fingerprint density at radius 1 is 1.30 bits per heavy atom. The number of carbonyl (C=O) groups is 1. The van der Waals surface area contributed by atoms with Gasteiger partial charge in [0.2, 0.25) is 11.7 Å². The van der Waals surface area contributed by atoms with Gasteiger partial charge >= 0.3 is 0 Å². The maximum absolute atomic E-state index is 12.5. The van der Waals surface area contributed by atoms with E-state index in [1.165, 1.54) is 10.6 Å². The molecule has 1 aliphatic heterocycles. The maximum Gasteiger partial charge on any atom is 0.287 e. The number of sulfone groups is 1. The van der Waals surface area contributed by atoms with E-state index < -0.39 is 15.4 Å². The largest absolute Gasteiger partial charge is 0.493 e. The third kappa shape index (κ3) is 3.00. The Hall–Kier alpha value is -2.16. The summed E-state index contributed by atoms with van der Waals surface area (Å²) in [6.45, 7) is 1.84. The monoisotopic (exact) mass is 338 g/mol. The number of imidazole rings is 1. The van der Waals surface area contributed by atoms with Gasteiger partial charge in [0.15, 0.2) is 5.65 Å². The van der Waals surface area contributed by atoms with Crippen LogP contribution >= 0.6 is 0 Å². The minimum atomic E-state index is -3.00. The molecule has 8 nitrogen and oxygen atoms in total. The molecule has 1 fully saturated rings. The lowest BCUT2D eigenvalue weighted by molar-refractivity contribution is 0.0886. The molecule has 0 aliphatic carbocycles. The van der Waals surface area contributed by atoms with Crippen LogP contribution in [-0.2, 0) is 16.9 Å². The minimum absolute atomic E-state index is 0.0712. The molecule has 3 heterocycles. The standard InChI is InChI=1S/C14H18N4O4S/c1-14(5-7-23(21,22)8-6-14)17-13(20)12-15-9-3-4-10(19)16-11(9)18(12)2/h3-4H,5-8H2,1-2H3,(H,16,19)(H,17,20). The summed E-state index contributed by atoms with van der Waals surface area (Å²) in [5.41, 5.74) is 0.342. The quantitative estimate of drug-likeness (QED) is 0.818. The number of carbonyl (C=O) groups excluding carboxylic acids is 1. The van der Waals surface area contributed by atoms with Gasteiger partial charge in [-0.3, -0.25) is 4.79 Å². The van der Waals surface area contributed by atoms with Gasteiger partial charge in [0, 0.05) is 18.7 Å². The Morgan fingerprint density at radius 3 is 2.61 bits per heavy atom. The molecule has 2 N–H and O–H groups in total. The second-order valence-electron chi connectivity index (χ2n) is 6.17. The van der Waals surface area contributed by atoms with Crippen molar-refractivity contribution in [1.82, 2.24) is 19.9 Å². The van der Waals surface area contributed by atoms with Gasteiger partial charge in [-0.05, 0) is 25.8 Å². The third-order valence-electron chi connectivity index (χ3n) is 4.25. The van der Waals surface area contributed by atoms with Crippen molar-refractivity contribution in [2.45, 2.75) is 25.3 Å². The summed E-state index contributed by atoms with van der Waals surface area (Å²) >= 11 is 0. The molecule has 0 saturated carbocycles. The molecule has 2 aromatic heterocycles. The summed E-state index contributed by atoms with van der Waals surface area (Å²) in [5, 5.41) is 12.3. The van der Waals surface area contributed by atoms with Crippen LogP contribution in [0.4, 0.5) is 0 Å². The molecule has 1 amide bonds. The van der Waals surface area contributed by atoms with Crippen LogP contribution in [0.5, 0.6) is 5.88 Å². The normalized spacial score (nSPS) is 19.6. The molecule has 23 heavy (non-hydrogen) atoms. The molecule has 3 rings (SSSR count). The van der Waals surface area contributed by atoms with Gasteiger partial charge < -0.3 is 15.0 Å². The van der Waals surface area contributed by atoms with E-state index in [1.807, 2.05) is 6.92 Å². The Labute approximate surface area is 133 Å². The van der Waals surface area contributed by atoms with Gasteiger partial charge in [0.1, 0.15) is 15.4 Å². The van der Waals surface area contributed by atoms with Crippen LogP contribution in [0.3, 0.4) is 0 Å². The van der Waals surface area contributed by atoms with Gasteiger partial charge in [-0.15, -0.1) is 0 Å². The van der Waals surface area contributed by atoms with Crippen molar-refractivity contribution in [3.05, 3.63) is 18.0 Å². The number of aryl methyl sites for hydroxylation is 1. The van der Waals surface area contributed by atoms with Gasteiger partial charge in [0.05, 0.1) is 11.5 Å². The highest BCUT2D eigenvalue weighted by Gasteiger charge is 2.35. The summed E-state index contributed by atoms with van der Waals surface area (Å²) in [4.78, 5) is 20.7. The van der Waals surface area contributed by atoms with Crippen LogP contribution in [0.15, 0.2) is 12.1 Å². The number of aromatic nitrogens is 3. The molecule has 0 unspecified atom stereocenters. The SMILES string of the molecule is Cn1c(C(=O)NC2(C)CCS(=O)(=O)CC2)nc2ccc(O)nc21. The molecule has 1 saturated heterocycles. The zero-order valence-corrected chi connectivity index (χ0v) is 13.7. The second kappa shape index (κ2) is 5.19. The van der Waals surface area contributed by atoms with Crippen LogP contribution in [0.2, 0.25) is 0 Å². The van der Waals surface area contributed by atoms with Crippen LogP contribution in [0.1, 0.15) is 30.4 Å². The fraction of sp³-hybridized carbons (Fsp3) is 0.500. The number of hydrogen-bond donors (Lipinski definition) is 2. The van der Waals surface area contributed by atoms with Crippen LogP contribution in [-0.4, -0.2) is 51.0 Å². The molecule has 2 aromatic rings. The summed E-state index contributed by atoms with van der Waals surface area (Å²) in [5.74, 6) is -0.208. The first-order valence-corrected chi connectivity index (χ1v) is 9.07. The lowest BCUT2D eigenvalue weighted by Gasteiger charge is -2.34. The molecule has 1 aliphatic rings. The highest BCUT2D eigenvalue weighted by atomic mass is 32.2. The topological polar surface area (TPSA) is 114 Å². The van der Waals surface area contributed by atoms with E-state index in [2.05, 4.69) is 15.3 Å². The molecule has 124 valence electrons. The molecule has 9 heteroatoms. The van der Waals surface area contributed by atoms with Gasteiger partial charge in [-0.2, -0.15) is 4.98 Å². The van der Waals surface area contributed by atoms with E-state index in [-0.39, 0.29) is 29.1 Å². The smallest absolute Gasteiger partial charge is 0.287 e. The third-order valence-corrected chi connectivity index (χ3v) is 5.90. The maximum atomic E-state index is 12.5. The average molecular weight is 338 g/mol. The molecule has 0 spiro atoms. The number of fused-ring (bicyclic) bond motifs is 1. The molecular formula is C14H18N4O4S. The fourth-order valence-electron chi connectivity index (χ4n) is 2.70. The zero-order valence-electron chi connectivity index (χ0n) is 12.9. The molecule has 0 bridgehead atoms. The zero-order chi connectivity index (χ0) is 16.8. The Kier molecular flexibility index (Phi) is 3.55. The lowest BCUT2D eigenvalue weighted by atomic mass is 9.95. The number of nitrogens with one attached hydrogen (secondary N) is 1. The van der Waals surface area contributed by atoms with Gasteiger partial charge in [0.25, 0.3) is 5.91 Å². The lowest BCUT2D eigenvalue weighted by Crippen LogP contribution is -2.51. The van der Waals surface area contributed by atoms with E-state index >= 15 is 0 Å². The Balaban J connectivity index is 1.85. The number of aromatic hydroxyl groups is 1. The average Bonchev–Trinajstić information content (AvgIpc) is 2.80. The molecule has 0 aromatic carbocycles. The highest BCUT2D eigenvalue weighted by molar-refractivity contribution is 7.91. The van der Waals surface area contributed by atoms with Crippen LogP contribution < -0.4 is 5.32 Å². The Bertz CT molecular complexity index is 874. The highest BCUT2D eigenvalue weighted by Crippen LogP contribution is 2.24. The van der Waals surface area contributed by atoms with E-state index in [4.69, 9.17) is 0 Å². The van der Waals surface area contributed by atoms with Crippen LogP contribution in [0.25, 0.3) is 11.2 Å². The van der Waals surface area contributed by atoms with Crippen molar-refractivity contribution < 1.29 is 18.3 Å². The van der Waals surface area contributed by atoms with Crippen molar-refractivity contribution >= 4 is 26.9 Å². The number of pyridine rings is 1. The summed E-state index contributed by atoms with van der Waals surface area (Å²) in [6.07, 6.45) is 0.758. The number of amides is 1. The van der Waals surface area contributed by atoms with Crippen LogP contribution in [0, 0.1) is 0 Å². The van der Waals surface area contributed by atoms with Crippen molar-refractivity contribution in [2.24, 2.45) is 7.05 Å². The summed E-state index contributed by atoms with van der Waals surface area (Å²) in [7, 11) is -1.35. The van der Waals surface area contributed by atoms with Crippen molar-refractivity contribution in [3.8, 4) is 5.88 Å². The van der Waals surface area contributed by atoms with Crippen molar-refractivity contribution in [3.63, 3.8) is 0 Å². The first kappa shape index (κ1) is 15.7. The summed E-state index contributed by atoms with van der Waals surface area (Å²) in [6, 6.07) is 2.99. The number of rotatable bonds is 2. The Morgan fingerprint density at radius 2 is 1.96 bits per heavy atom. The first-order valence-electron chi connectivity index (χ1n) is 7.25. The van der Waals surface area contributed by atoms with E-state index in [1.54, 1.807) is 13.1 Å². The van der Waals surface area contributed by atoms with Gasteiger partial charge in [-0.25, -0.2) is 13.4 Å². The van der Waals surface area contributed by atoms with E-state index in [0.29, 0.717) is 24.0 Å². The predicted octanol–water partition coefficient (Wildman–Crippen LogP) is 0.371. The number of hydrogen-bond acceptors (Lipinski definition) is 6. The molecule has 0 radical (unpaired) electrons. The molecule has 0 atom stereocenters. The second-order valence-corrected chi connectivity index (χ2v) is 8.48. The predicted molar refractivity (Wildman–Crippen MR) is 83.9 cm³/mol. The minimum Gasteiger partial charge on any atom is -0.493 e.